The van der Waals surface area contributed by atoms with Gasteiger partial charge in [0, 0.05) is 13.0 Å². The van der Waals surface area contributed by atoms with E-state index in [4.69, 9.17) is 9.47 Å². The average Bonchev–Trinajstić information content (AvgIpc) is 3.03. The zero-order valence-electron chi connectivity index (χ0n) is 20.6. The van der Waals surface area contributed by atoms with E-state index >= 15 is 0 Å². The third-order valence-electron chi connectivity index (χ3n) is 6.30. The lowest BCUT2D eigenvalue weighted by molar-refractivity contribution is -0.126. The topological polar surface area (TPSA) is 149 Å². The van der Waals surface area contributed by atoms with Crippen molar-refractivity contribution in [2.45, 2.75) is 96.0 Å². The van der Waals surface area contributed by atoms with Crippen LogP contribution in [0.5, 0.6) is 0 Å². The van der Waals surface area contributed by atoms with Gasteiger partial charge in [0.25, 0.3) is 0 Å². The Labute approximate surface area is 201 Å². The number of rotatable bonds is 12. The van der Waals surface area contributed by atoms with E-state index in [2.05, 4.69) is 5.32 Å². The summed E-state index contributed by atoms with van der Waals surface area (Å²) in [5, 5.41) is 43.6. The molecule has 5 N–H and O–H groups in total. The van der Waals surface area contributed by atoms with Crippen molar-refractivity contribution in [2.75, 3.05) is 19.8 Å². The van der Waals surface area contributed by atoms with Gasteiger partial charge < -0.3 is 29.9 Å². The molecule has 2 saturated heterocycles. The number of nitrogens with one attached hydrogen (secondary N) is 1. The van der Waals surface area contributed by atoms with Gasteiger partial charge in [0.2, 0.25) is 5.91 Å². The van der Waals surface area contributed by atoms with E-state index in [1.165, 1.54) is 10.5 Å². The fourth-order valence-electron chi connectivity index (χ4n) is 3.93. The highest BCUT2D eigenvalue weighted by molar-refractivity contribution is 5.96. The van der Waals surface area contributed by atoms with Crippen LogP contribution >= 0.6 is 0 Å². The van der Waals surface area contributed by atoms with Crippen LogP contribution < -0.4 is 5.32 Å². The number of urea groups is 1. The van der Waals surface area contributed by atoms with E-state index in [9.17, 15) is 30.0 Å². The highest BCUT2D eigenvalue weighted by Crippen LogP contribution is 2.26. The van der Waals surface area contributed by atoms with Gasteiger partial charge in [0.05, 0.1) is 24.9 Å². The summed E-state index contributed by atoms with van der Waals surface area (Å²) in [6.45, 7) is 7.90. The maximum absolute atomic E-state index is 12.0. The second kappa shape index (κ2) is 12.8. The number of amides is 3. The van der Waals surface area contributed by atoms with Crippen molar-refractivity contribution in [1.82, 2.24) is 10.2 Å². The van der Waals surface area contributed by atoms with Crippen LogP contribution in [-0.4, -0.2) is 93.3 Å². The normalized spacial score (nSPS) is 28.5. The molecule has 10 nitrogen and oxygen atoms in total. The largest absolute Gasteiger partial charge is 0.390 e. The van der Waals surface area contributed by atoms with Crippen LogP contribution in [-0.2, 0) is 14.3 Å². The van der Waals surface area contributed by atoms with E-state index in [0.717, 1.165) is 5.57 Å². The fourth-order valence-corrected chi connectivity index (χ4v) is 3.93. The van der Waals surface area contributed by atoms with Crippen LogP contribution in [0, 0.1) is 0 Å². The van der Waals surface area contributed by atoms with E-state index in [0.29, 0.717) is 25.7 Å². The molecular weight excluding hydrogens is 444 g/mol. The van der Waals surface area contributed by atoms with E-state index in [-0.39, 0.29) is 26.2 Å². The summed E-state index contributed by atoms with van der Waals surface area (Å²) in [4.78, 5) is 24.5. The number of hydrogen-bond donors (Lipinski definition) is 5. The van der Waals surface area contributed by atoms with Gasteiger partial charge in [-0.2, -0.15) is 0 Å². The van der Waals surface area contributed by atoms with Crippen LogP contribution in [0.25, 0.3) is 0 Å². The van der Waals surface area contributed by atoms with Crippen molar-refractivity contribution in [1.29, 1.82) is 0 Å². The Morgan fingerprint density at radius 1 is 1.26 bits per heavy atom. The van der Waals surface area contributed by atoms with Crippen molar-refractivity contribution >= 4 is 11.9 Å². The predicted octanol–water partition coefficient (Wildman–Crippen LogP) is 0.976. The highest BCUT2D eigenvalue weighted by Gasteiger charge is 2.47. The summed E-state index contributed by atoms with van der Waals surface area (Å²) in [7, 11) is 0. The molecule has 6 atom stereocenters. The quantitative estimate of drug-likeness (QED) is 0.203. The number of carbonyl (C=O) groups is 2. The van der Waals surface area contributed by atoms with Gasteiger partial charge in [-0.25, -0.2) is 4.79 Å². The number of hydrogen-bond acceptors (Lipinski definition) is 8. The molecular formula is C24H40N2O8. The number of allylic oxidation sites excluding steroid dienone is 3. The number of ether oxygens (including phenoxy) is 2. The SMILES string of the molecule is CC(C)=CCC[C@@](C)(O)[C@H](O)CCC(C)=CCOC[C@H]1O[C@@H](N2CCC(=O)NC2=O)[C@H](O)[C@@H]1O. The molecule has 194 valence electrons. The minimum Gasteiger partial charge on any atom is -0.390 e. The summed E-state index contributed by atoms with van der Waals surface area (Å²) in [5.74, 6) is -0.392. The van der Waals surface area contributed by atoms with E-state index in [1.54, 1.807) is 6.92 Å². The van der Waals surface area contributed by atoms with Crippen LogP contribution in [0.2, 0.25) is 0 Å². The fraction of sp³-hybridized carbons (Fsp3) is 0.750. The Hall–Kier alpha value is -1.82. The number of carbonyl (C=O) groups excluding carboxylic acids is 2. The zero-order valence-corrected chi connectivity index (χ0v) is 20.6. The van der Waals surface area contributed by atoms with Gasteiger partial charge in [0.1, 0.15) is 18.3 Å². The Balaban J connectivity index is 1.73. The van der Waals surface area contributed by atoms with Crippen LogP contribution in [0.4, 0.5) is 4.79 Å². The van der Waals surface area contributed by atoms with E-state index in [1.807, 2.05) is 32.9 Å². The molecule has 10 heteroatoms. The zero-order chi connectivity index (χ0) is 25.5. The predicted molar refractivity (Wildman–Crippen MR) is 125 cm³/mol. The highest BCUT2D eigenvalue weighted by atomic mass is 16.6. The van der Waals surface area contributed by atoms with Gasteiger partial charge in [-0.15, -0.1) is 0 Å². The molecule has 0 aliphatic carbocycles. The molecule has 2 rings (SSSR count). The van der Waals surface area contributed by atoms with Crippen LogP contribution in [0.3, 0.4) is 0 Å². The van der Waals surface area contributed by atoms with Crippen molar-refractivity contribution < 1.29 is 39.5 Å². The second-order valence-electron chi connectivity index (χ2n) is 9.66. The average molecular weight is 485 g/mol. The molecule has 0 aromatic carbocycles. The number of nitrogens with zero attached hydrogens (tertiary/aromatic N) is 1. The molecule has 0 bridgehead atoms. The third-order valence-corrected chi connectivity index (χ3v) is 6.30. The van der Waals surface area contributed by atoms with Crippen LogP contribution in [0.15, 0.2) is 23.3 Å². The molecule has 0 saturated carbocycles. The van der Waals surface area contributed by atoms with Crippen molar-refractivity contribution in [2.24, 2.45) is 0 Å². The summed E-state index contributed by atoms with van der Waals surface area (Å²) in [6, 6.07) is -0.661. The lowest BCUT2D eigenvalue weighted by atomic mass is 9.89. The minimum atomic E-state index is -1.31. The first kappa shape index (κ1) is 28.4. The minimum absolute atomic E-state index is 0.00853. The number of aliphatic hydroxyl groups excluding tert-OH is 3. The first-order valence-electron chi connectivity index (χ1n) is 11.8. The molecule has 2 heterocycles. The summed E-state index contributed by atoms with van der Waals surface area (Å²) < 4.78 is 11.2. The lowest BCUT2D eigenvalue weighted by Gasteiger charge is -2.32. The number of imide groups is 1. The van der Waals surface area contributed by atoms with Crippen molar-refractivity contribution in [3.8, 4) is 0 Å². The van der Waals surface area contributed by atoms with E-state index < -0.39 is 48.2 Å². The molecule has 0 aromatic heterocycles. The van der Waals surface area contributed by atoms with Gasteiger partial charge in [-0.05, 0) is 53.4 Å². The Bertz CT molecular complexity index is 762. The molecule has 0 unspecified atom stereocenters. The molecule has 34 heavy (non-hydrogen) atoms. The molecule has 3 amide bonds. The van der Waals surface area contributed by atoms with Gasteiger partial charge in [-0.1, -0.05) is 23.3 Å². The van der Waals surface area contributed by atoms with Crippen LogP contribution in [0.1, 0.15) is 59.8 Å². The second-order valence-corrected chi connectivity index (χ2v) is 9.66. The first-order chi connectivity index (χ1) is 15.9. The molecule has 0 radical (unpaired) electrons. The number of aliphatic hydroxyl groups is 4. The summed E-state index contributed by atoms with van der Waals surface area (Å²) in [5.41, 5.74) is 1.01. The third kappa shape index (κ3) is 8.14. The van der Waals surface area contributed by atoms with Crippen molar-refractivity contribution in [3.63, 3.8) is 0 Å². The molecule has 0 spiro atoms. The molecule has 2 fully saturated rings. The monoisotopic (exact) mass is 484 g/mol. The molecule has 0 aromatic rings. The lowest BCUT2D eigenvalue weighted by Crippen LogP contribution is -2.56. The Morgan fingerprint density at radius 2 is 1.97 bits per heavy atom. The van der Waals surface area contributed by atoms with Crippen molar-refractivity contribution in [3.05, 3.63) is 23.3 Å². The first-order valence-corrected chi connectivity index (χ1v) is 11.8. The summed E-state index contributed by atoms with van der Waals surface area (Å²) >= 11 is 0. The van der Waals surface area contributed by atoms with Gasteiger partial charge in [-0.3, -0.25) is 15.0 Å². The van der Waals surface area contributed by atoms with Gasteiger partial charge in [0.15, 0.2) is 6.23 Å². The maximum atomic E-state index is 12.0. The molecule has 2 aliphatic heterocycles. The maximum Gasteiger partial charge on any atom is 0.326 e. The summed E-state index contributed by atoms with van der Waals surface area (Å²) in [6.07, 6.45) is 0.929. The Morgan fingerprint density at radius 3 is 2.62 bits per heavy atom. The van der Waals surface area contributed by atoms with Gasteiger partial charge >= 0.3 is 6.03 Å². The smallest absolute Gasteiger partial charge is 0.326 e. The Kier molecular flexibility index (Phi) is 10.7. The standard InChI is InChI=1S/C24H40N2O8/c1-15(2)6-5-11-24(4,32)18(27)8-7-16(3)10-13-33-14-17-20(29)21(30)22(34-17)26-12-9-19(28)25-23(26)31/h6,10,17-18,20-22,27,29-30,32H,5,7-9,11-14H2,1-4H3,(H,25,28,31)/t17-,18-,20-,21-,22-,24-/m1/s1. The molecule has 2 aliphatic rings.